The molecule has 7 heteroatoms. The number of rotatable bonds is 2. The molecule has 5 heterocycles. The number of anilines is 1. The minimum atomic E-state index is -0.367. The average Bonchev–Trinajstić information content (AvgIpc) is 3.43. The van der Waals surface area contributed by atoms with Crippen LogP contribution >= 0.6 is 0 Å². The van der Waals surface area contributed by atoms with Gasteiger partial charge in [0.2, 0.25) is 0 Å². The molecule has 0 aliphatic carbocycles. The van der Waals surface area contributed by atoms with Gasteiger partial charge in [0.05, 0.1) is 22.6 Å². The van der Waals surface area contributed by atoms with Crippen molar-refractivity contribution in [3.63, 3.8) is 0 Å². The van der Waals surface area contributed by atoms with E-state index < -0.39 is 0 Å². The molecular weight excluding hydrogens is 390 g/mol. The molecule has 31 heavy (non-hydrogen) atoms. The molecule has 0 bridgehead atoms. The van der Waals surface area contributed by atoms with Gasteiger partial charge in [-0.15, -0.1) is 0 Å². The van der Waals surface area contributed by atoms with Gasteiger partial charge in [-0.3, -0.25) is 4.98 Å². The number of fused-ring (bicyclic) bond motifs is 3. The number of aryl methyl sites for hydroxylation is 2. The normalized spacial score (nSPS) is 21.5. The van der Waals surface area contributed by atoms with Gasteiger partial charge in [0.15, 0.2) is 5.65 Å². The minimum Gasteiger partial charge on any atom is -0.422 e. The van der Waals surface area contributed by atoms with E-state index in [1.54, 1.807) is 0 Å². The number of nitrogens with zero attached hydrogens (tertiary/aromatic N) is 5. The maximum atomic E-state index is 12.8. The van der Waals surface area contributed by atoms with Gasteiger partial charge in [0.1, 0.15) is 5.58 Å². The Kier molecular flexibility index (Phi) is 3.99. The highest BCUT2D eigenvalue weighted by Gasteiger charge is 2.39. The molecule has 0 N–H and O–H groups in total. The van der Waals surface area contributed by atoms with Crippen LogP contribution in [0.2, 0.25) is 0 Å². The van der Waals surface area contributed by atoms with Crippen LogP contribution in [0.1, 0.15) is 17.8 Å². The van der Waals surface area contributed by atoms with E-state index in [-0.39, 0.29) is 5.63 Å². The number of hydrogen-bond donors (Lipinski definition) is 0. The van der Waals surface area contributed by atoms with Gasteiger partial charge in [-0.1, -0.05) is 0 Å². The molecule has 0 saturated carbocycles. The molecule has 0 unspecified atom stereocenters. The minimum absolute atomic E-state index is 0.367. The quantitative estimate of drug-likeness (QED) is 0.468. The zero-order valence-electron chi connectivity index (χ0n) is 18.0. The molecule has 1 aromatic carbocycles. The highest BCUT2D eigenvalue weighted by molar-refractivity contribution is 5.84. The summed E-state index contributed by atoms with van der Waals surface area (Å²) in [6.07, 6.45) is 5.04. The topological polar surface area (TPSA) is 66.9 Å². The Morgan fingerprint density at radius 2 is 1.97 bits per heavy atom. The maximum absolute atomic E-state index is 12.8. The Morgan fingerprint density at radius 1 is 1.10 bits per heavy atom. The first kappa shape index (κ1) is 18.6. The zero-order chi connectivity index (χ0) is 21.3. The Morgan fingerprint density at radius 3 is 2.81 bits per heavy atom. The molecule has 2 atom stereocenters. The average molecular weight is 415 g/mol. The van der Waals surface area contributed by atoms with Crippen LogP contribution in [-0.2, 0) is 0 Å². The lowest BCUT2D eigenvalue weighted by Crippen LogP contribution is -2.32. The fraction of sp³-hybridized carbons (Fsp3) is 0.375. The summed E-state index contributed by atoms with van der Waals surface area (Å²) < 4.78 is 7.67. The summed E-state index contributed by atoms with van der Waals surface area (Å²) in [5.74, 6) is 0.728. The van der Waals surface area contributed by atoms with Gasteiger partial charge in [-0.05, 0) is 58.0 Å². The van der Waals surface area contributed by atoms with Crippen molar-refractivity contribution in [3.05, 3.63) is 58.5 Å². The SMILES string of the molecule is Cc1cn2cc(-c3cc4ccc(N5C[C@@H]6CCN(C)[C@@H]6C5)cc4oc3=O)nc2c(C)n1. The smallest absolute Gasteiger partial charge is 0.345 e. The van der Waals surface area contributed by atoms with Gasteiger partial charge in [-0.25, -0.2) is 9.78 Å². The highest BCUT2D eigenvalue weighted by Crippen LogP contribution is 2.34. The number of hydrogen-bond acceptors (Lipinski definition) is 6. The van der Waals surface area contributed by atoms with Gasteiger partial charge < -0.3 is 18.6 Å². The molecule has 0 spiro atoms. The number of benzene rings is 1. The molecule has 4 aromatic rings. The summed E-state index contributed by atoms with van der Waals surface area (Å²) in [6, 6.07) is 8.69. The van der Waals surface area contributed by atoms with Crippen LogP contribution in [0.5, 0.6) is 0 Å². The van der Waals surface area contributed by atoms with Crippen molar-refractivity contribution < 1.29 is 4.42 Å². The van der Waals surface area contributed by atoms with E-state index in [1.807, 2.05) is 48.8 Å². The largest absolute Gasteiger partial charge is 0.422 e. The summed E-state index contributed by atoms with van der Waals surface area (Å²) in [4.78, 5) is 26.8. The van der Waals surface area contributed by atoms with E-state index in [4.69, 9.17) is 4.42 Å². The molecule has 2 aliphatic rings. The first-order valence-electron chi connectivity index (χ1n) is 10.8. The molecule has 158 valence electrons. The molecule has 0 radical (unpaired) electrons. The monoisotopic (exact) mass is 415 g/mol. The van der Waals surface area contributed by atoms with Gasteiger partial charge >= 0.3 is 5.63 Å². The van der Waals surface area contributed by atoms with E-state index in [2.05, 4.69) is 32.9 Å². The maximum Gasteiger partial charge on any atom is 0.345 e. The molecule has 3 aromatic heterocycles. The van der Waals surface area contributed by atoms with Crippen molar-refractivity contribution >= 4 is 22.3 Å². The molecule has 2 saturated heterocycles. The molecule has 2 aliphatic heterocycles. The second-order valence-electron chi connectivity index (χ2n) is 9.00. The van der Waals surface area contributed by atoms with Crippen molar-refractivity contribution in [1.29, 1.82) is 0 Å². The van der Waals surface area contributed by atoms with E-state index >= 15 is 0 Å². The number of aromatic nitrogens is 3. The Hall–Kier alpha value is -3.19. The Bertz CT molecular complexity index is 1390. The second kappa shape index (κ2) is 6.65. The third-order valence-corrected chi connectivity index (χ3v) is 6.91. The van der Waals surface area contributed by atoms with Crippen LogP contribution in [0, 0.1) is 19.8 Å². The number of likely N-dealkylation sites (tertiary alicyclic amines) is 1. The first-order chi connectivity index (χ1) is 15.0. The van der Waals surface area contributed by atoms with Crippen molar-refractivity contribution in [3.8, 4) is 11.3 Å². The first-order valence-corrected chi connectivity index (χ1v) is 10.8. The third-order valence-electron chi connectivity index (χ3n) is 6.91. The number of likely N-dealkylation sites (N-methyl/N-ethyl adjacent to an activating group) is 1. The summed E-state index contributed by atoms with van der Waals surface area (Å²) in [7, 11) is 2.22. The van der Waals surface area contributed by atoms with Crippen LogP contribution in [0.15, 0.2) is 45.9 Å². The Balaban J connectivity index is 1.38. The van der Waals surface area contributed by atoms with Crippen LogP contribution in [0.25, 0.3) is 27.9 Å². The van der Waals surface area contributed by atoms with E-state index in [1.165, 1.54) is 13.0 Å². The summed E-state index contributed by atoms with van der Waals surface area (Å²) in [5.41, 5.74) is 4.94. The van der Waals surface area contributed by atoms with E-state index in [9.17, 15) is 4.79 Å². The van der Waals surface area contributed by atoms with E-state index in [0.29, 0.717) is 22.9 Å². The molecule has 6 rings (SSSR count). The van der Waals surface area contributed by atoms with Gasteiger partial charge in [0.25, 0.3) is 0 Å². The van der Waals surface area contributed by atoms with Crippen molar-refractivity contribution in [2.24, 2.45) is 5.92 Å². The highest BCUT2D eigenvalue weighted by atomic mass is 16.4. The van der Waals surface area contributed by atoms with Gasteiger partial charge in [0, 0.05) is 48.7 Å². The van der Waals surface area contributed by atoms with Crippen LogP contribution < -0.4 is 10.5 Å². The summed E-state index contributed by atoms with van der Waals surface area (Å²) in [6.45, 7) is 7.16. The van der Waals surface area contributed by atoms with Crippen LogP contribution in [0.4, 0.5) is 5.69 Å². The number of imidazole rings is 1. The predicted molar refractivity (Wildman–Crippen MR) is 121 cm³/mol. The van der Waals surface area contributed by atoms with Crippen LogP contribution in [0.3, 0.4) is 0 Å². The standard InChI is InChI=1S/C24H25N5O2/c1-14-10-29-12-20(26-23(29)15(2)25-14)19-8-16-4-5-18(9-22(16)31-24(19)30)28-11-17-6-7-27(3)21(17)13-28/h4-5,8-10,12,17,21H,6-7,11,13H2,1-3H3/t17-,21+/m0/s1. The second-order valence-corrected chi connectivity index (χ2v) is 9.00. The summed E-state index contributed by atoms with van der Waals surface area (Å²) in [5, 5.41) is 0.901. The van der Waals surface area contributed by atoms with Crippen molar-refractivity contribution in [2.75, 3.05) is 31.6 Å². The molecule has 7 nitrogen and oxygen atoms in total. The van der Waals surface area contributed by atoms with E-state index in [0.717, 1.165) is 47.1 Å². The molecule has 0 amide bonds. The third kappa shape index (κ3) is 2.95. The molecular formula is C24H25N5O2. The fourth-order valence-corrected chi connectivity index (χ4v) is 5.29. The van der Waals surface area contributed by atoms with Crippen molar-refractivity contribution in [1.82, 2.24) is 19.3 Å². The lowest BCUT2D eigenvalue weighted by atomic mass is 10.1. The lowest BCUT2D eigenvalue weighted by Gasteiger charge is -2.22. The van der Waals surface area contributed by atoms with Crippen molar-refractivity contribution in [2.45, 2.75) is 26.3 Å². The Labute approximate surface area is 179 Å². The molecule has 2 fully saturated rings. The fourth-order valence-electron chi connectivity index (χ4n) is 5.29. The van der Waals surface area contributed by atoms with Crippen LogP contribution in [-0.4, -0.2) is 52.0 Å². The summed E-state index contributed by atoms with van der Waals surface area (Å²) >= 11 is 0. The zero-order valence-corrected chi connectivity index (χ0v) is 18.0. The predicted octanol–water partition coefficient (Wildman–Crippen LogP) is 3.26. The lowest BCUT2D eigenvalue weighted by molar-refractivity contribution is 0.310. The van der Waals surface area contributed by atoms with Gasteiger partial charge in [-0.2, -0.15) is 0 Å².